The summed E-state index contributed by atoms with van der Waals surface area (Å²) in [6.07, 6.45) is 1.17. The Labute approximate surface area is 78.2 Å². The molecule has 2 N–H and O–H groups in total. The molecule has 72 valence electrons. The van der Waals surface area contributed by atoms with Crippen LogP contribution in [0.2, 0.25) is 0 Å². The second kappa shape index (κ2) is 3.10. The molecule has 3 nitrogen and oxygen atoms in total. The maximum absolute atomic E-state index is 13.2. The fourth-order valence-electron chi connectivity index (χ4n) is 1.11. The van der Waals surface area contributed by atoms with E-state index in [0.29, 0.717) is 0 Å². The van der Waals surface area contributed by atoms with Gasteiger partial charge in [-0.15, -0.1) is 0 Å². The Hall–Kier alpha value is -1.91. The third-order valence-electron chi connectivity index (χ3n) is 1.73. The fourth-order valence-corrected chi connectivity index (χ4v) is 1.11. The molecule has 5 heteroatoms. The number of aromatic nitrogens is 1. The zero-order chi connectivity index (χ0) is 10.1. The van der Waals surface area contributed by atoms with E-state index in [0.717, 1.165) is 18.2 Å². The van der Waals surface area contributed by atoms with Crippen LogP contribution in [0.3, 0.4) is 0 Å². The van der Waals surface area contributed by atoms with Gasteiger partial charge >= 0.3 is 0 Å². The lowest BCUT2D eigenvalue weighted by Gasteiger charge is -1.97. The summed E-state index contributed by atoms with van der Waals surface area (Å²) in [5, 5.41) is 0. The molecule has 2 rings (SSSR count). The van der Waals surface area contributed by atoms with Crippen molar-refractivity contribution in [2.45, 2.75) is 0 Å². The highest BCUT2D eigenvalue weighted by molar-refractivity contribution is 5.59. The van der Waals surface area contributed by atoms with Gasteiger partial charge in [0.1, 0.15) is 23.6 Å². The number of oxazole rings is 1. The standard InChI is InChI=1S/C9H6F2N2O/c10-5-1-2-7(11)6(3-5)8-4-14-9(12)13-8/h1-4H,(H2,12,13). The van der Waals surface area contributed by atoms with E-state index < -0.39 is 11.6 Å². The highest BCUT2D eigenvalue weighted by Gasteiger charge is 2.10. The van der Waals surface area contributed by atoms with Crippen molar-refractivity contribution in [3.63, 3.8) is 0 Å². The number of hydrogen-bond acceptors (Lipinski definition) is 3. The van der Waals surface area contributed by atoms with E-state index >= 15 is 0 Å². The van der Waals surface area contributed by atoms with Gasteiger partial charge < -0.3 is 10.2 Å². The minimum absolute atomic E-state index is 0.0328. The Morgan fingerprint density at radius 3 is 2.71 bits per heavy atom. The van der Waals surface area contributed by atoms with Crippen molar-refractivity contribution in [1.82, 2.24) is 4.98 Å². The van der Waals surface area contributed by atoms with Gasteiger partial charge in [-0.3, -0.25) is 0 Å². The van der Waals surface area contributed by atoms with Gasteiger partial charge in [0, 0.05) is 5.56 Å². The van der Waals surface area contributed by atoms with Crippen molar-refractivity contribution in [3.8, 4) is 11.3 Å². The summed E-state index contributed by atoms with van der Waals surface area (Å²) in [7, 11) is 0. The molecule has 0 unspecified atom stereocenters. The Bertz CT molecular complexity index is 468. The van der Waals surface area contributed by atoms with Gasteiger partial charge in [-0.05, 0) is 18.2 Å². The van der Waals surface area contributed by atoms with Crippen LogP contribution in [0.5, 0.6) is 0 Å². The average Bonchev–Trinajstić information content (AvgIpc) is 2.56. The number of nitrogens with two attached hydrogens (primary N) is 1. The van der Waals surface area contributed by atoms with E-state index in [9.17, 15) is 8.78 Å². The lowest BCUT2D eigenvalue weighted by molar-refractivity contribution is 0.580. The monoisotopic (exact) mass is 196 g/mol. The van der Waals surface area contributed by atoms with Crippen LogP contribution in [0, 0.1) is 11.6 Å². The Balaban J connectivity index is 2.55. The van der Waals surface area contributed by atoms with Gasteiger partial charge in [0.15, 0.2) is 0 Å². The van der Waals surface area contributed by atoms with Crippen molar-refractivity contribution in [2.75, 3.05) is 5.73 Å². The number of rotatable bonds is 1. The molecule has 0 amide bonds. The molecule has 0 saturated heterocycles. The zero-order valence-electron chi connectivity index (χ0n) is 7.00. The molecule has 0 saturated carbocycles. The lowest BCUT2D eigenvalue weighted by Crippen LogP contribution is -1.88. The topological polar surface area (TPSA) is 52.0 Å². The van der Waals surface area contributed by atoms with Crippen LogP contribution in [0.15, 0.2) is 28.9 Å². The molecule has 2 aromatic rings. The van der Waals surface area contributed by atoms with E-state index in [1.54, 1.807) is 0 Å². The van der Waals surface area contributed by atoms with Gasteiger partial charge in [0.05, 0.1) is 0 Å². The van der Waals surface area contributed by atoms with Crippen LogP contribution in [0.4, 0.5) is 14.8 Å². The third kappa shape index (κ3) is 1.44. The molecule has 14 heavy (non-hydrogen) atoms. The van der Waals surface area contributed by atoms with Gasteiger partial charge in [-0.2, -0.15) is 4.98 Å². The van der Waals surface area contributed by atoms with E-state index in [-0.39, 0.29) is 17.3 Å². The molecule has 0 atom stereocenters. The number of nitrogens with zero attached hydrogens (tertiary/aromatic N) is 1. The summed E-state index contributed by atoms with van der Waals surface area (Å²) in [6, 6.07) is 3.01. The van der Waals surface area contributed by atoms with E-state index in [1.807, 2.05) is 0 Å². The van der Waals surface area contributed by atoms with Crippen molar-refractivity contribution in [1.29, 1.82) is 0 Å². The van der Waals surface area contributed by atoms with Crippen molar-refractivity contribution in [2.24, 2.45) is 0 Å². The minimum atomic E-state index is -0.570. The minimum Gasteiger partial charge on any atom is -0.432 e. The highest BCUT2D eigenvalue weighted by Crippen LogP contribution is 2.23. The summed E-state index contributed by atoms with van der Waals surface area (Å²) in [5.74, 6) is -1.11. The first-order valence-electron chi connectivity index (χ1n) is 3.83. The predicted molar refractivity (Wildman–Crippen MR) is 46.3 cm³/mol. The molecule has 0 fully saturated rings. The largest absolute Gasteiger partial charge is 0.432 e. The molecule has 1 aromatic heterocycles. The molecule has 0 aliphatic carbocycles. The fraction of sp³-hybridized carbons (Fsp3) is 0. The molecule has 0 aliphatic heterocycles. The van der Waals surface area contributed by atoms with Gasteiger partial charge in [0.2, 0.25) is 0 Å². The van der Waals surface area contributed by atoms with Gasteiger partial charge in [-0.25, -0.2) is 8.78 Å². The smallest absolute Gasteiger partial charge is 0.292 e. The second-order valence-electron chi connectivity index (χ2n) is 2.70. The van der Waals surface area contributed by atoms with Gasteiger partial charge in [0.25, 0.3) is 6.01 Å². The van der Waals surface area contributed by atoms with Crippen molar-refractivity contribution >= 4 is 6.01 Å². The molecule has 0 spiro atoms. The molecule has 0 aliphatic rings. The van der Waals surface area contributed by atoms with E-state index in [2.05, 4.69) is 4.98 Å². The van der Waals surface area contributed by atoms with E-state index in [4.69, 9.17) is 10.2 Å². The van der Waals surface area contributed by atoms with Crippen LogP contribution in [-0.4, -0.2) is 4.98 Å². The quantitative estimate of drug-likeness (QED) is 0.760. The van der Waals surface area contributed by atoms with Crippen LogP contribution >= 0.6 is 0 Å². The summed E-state index contributed by atoms with van der Waals surface area (Å²) >= 11 is 0. The Kier molecular flexibility index (Phi) is 1.92. The van der Waals surface area contributed by atoms with Crippen molar-refractivity contribution < 1.29 is 13.2 Å². The van der Waals surface area contributed by atoms with Crippen molar-refractivity contribution in [3.05, 3.63) is 36.1 Å². The first-order chi connectivity index (χ1) is 6.66. The van der Waals surface area contributed by atoms with Crippen LogP contribution in [0.25, 0.3) is 11.3 Å². The number of halogens is 2. The molecule has 1 aromatic carbocycles. The molecule has 0 radical (unpaired) electrons. The molecular formula is C9H6F2N2O. The highest BCUT2D eigenvalue weighted by atomic mass is 19.1. The maximum atomic E-state index is 13.2. The Morgan fingerprint density at radius 1 is 1.29 bits per heavy atom. The summed E-state index contributed by atoms with van der Waals surface area (Å²) in [4.78, 5) is 3.69. The Morgan fingerprint density at radius 2 is 2.07 bits per heavy atom. The lowest BCUT2D eigenvalue weighted by atomic mass is 10.1. The average molecular weight is 196 g/mol. The van der Waals surface area contributed by atoms with Crippen LogP contribution in [-0.2, 0) is 0 Å². The number of nitrogen functional groups attached to an aromatic ring is 1. The van der Waals surface area contributed by atoms with Crippen LogP contribution < -0.4 is 5.73 Å². The maximum Gasteiger partial charge on any atom is 0.292 e. The predicted octanol–water partition coefficient (Wildman–Crippen LogP) is 2.20. The summed E-state index contributed by atoms with van der Waals surface area (Å²) in [5.41, 5.74) is 5.42. The first kappa shape index (κ1) is 8.68. The molecular weight excluding hydrogens is 190 g/mol. The SMILES string of the molecule is Nc1nc(-c2cc(F)ccc2F)co1. The second-order valence-corrected chi connectivity index (χ2v) is 2.70. The summed E-state index contributed by atoms with van der Waals surface area (Å²) < 4.78 is 30.7. The van der Waals surface area contributed by atoms with E-state index in [1.165, 1.54) is 6.26 Å². The summed E-state index contributed by atoms with van der Waals surface area (Å²) in [6.45, 7) is 0. The normalized spacial score (nSPS) is 10.4. The van der Waals surface area contributed by atoms with Crippen LogP contribution in [0.1, 0.15) is 0 Å². The number of anilines is 1. The first-order valence-corrected chi connectivity index (χ1v) is 3.83. The zero-order valence-corrected chi connectivity index (χ0v) is 7.00. The third-order valence-corrected chi connectivity index (χ3v) is 1.73. The number of benzene rings is 1. The van der Waals surface area contributed by atoms with Gasteiger partial charge in [-0.1, -0.05) is 0 Å². The molecule has 0 bridgehead atoms. The number of hydrogen-bond donors (Lipinski definition) is 1. The molecule has 1 heterocycles.